The van der Waals surface area contributed by atoms with E-state index >= 15 is 0 Å². The molecule has 9 heteroatoms. The Bertz CT molecular complexity index is 1200. The second kappa shape index (κ2) is 11.1. The minimum Gasteiger partial charge on any atom is -0.475 e. The minimum atomic E-state index is -4.71. The second-order valence-corrected chi connectivity index (χ2v) is 10.6. The number of ether oxygens (including phenoxy) is 1. The molecule has 0 spiro atoms. The Balaban J connectivity index is 1.88. The van der Waals surface area contributed by atoms with E-state index in [1.807, 2.05) is 50.2 Å². The molecular formula is C27H31F3N4OS. The van der Waals surface area contributed by atoms with Crippen molar-refractivity contribution >= 4 is 17.9 Å². The molecule has 1 aromatic heterocycles. The van der Waals surface area contributed by atoms with Crippen LogP contribution in [0, 0.1) is 5.92 Å². The lowest BCUT2D eigenvalue weighted by atomic mass is 9.93. The van der Waals surface area contributed by atoms with E-state index in [4.69, 9.17) is 4.74 Å². The van der Waals surface area contributed by atoms with Crippen molar-refractivity contribution in [2.75, 3.05) is 11.3 Å². The van der Waals surface area contributed by atoms with Crippen molar-refractivity contribution in [1.29, 1.82) is 0 Å². The lowest BCUT2D eigenvalue weighted by molar-refractivity contribution is -0.139. The Hall–Kier alpha value is -2.78. The van der Waals surface area contributed by atoms with Crippen molar-refractivity contribution in [3.8, 4) is 17.1 Å². The van der Waals surface area contributed by atoms with Gasteiger partial charge >= 0.3 is 6.18 Å². The Morgan fingerprint density at radius 2 is 1.83 bits per heavy atom. The highest BCUT2D eigenvalue weighted by Crippen LogP contribution is 2.44. The number of halogens is 3. The molecule has 4 bridgehead atoms. The molecule has 0 fully saturated rings. The monoisotopic (exact) mass is 516 g/mol. The SMILES string of the molecule is CC(C)CC1COc2nc(nc(-c3ccccc3C(C)C)c2C(F)(F)F)NSc2cccc(c2)CN1. The van der Waals surface area contributed by atoms with E-state index in [1.165, 1.54) is 11.9 Å². The molecule has 0 saturated heterocycles. The highest BCUT2D eigenvalue weighted by atomic mass is 32.2. The number of aromatic nitrogens is 2. The van der Waals surface area contributed by atoms with Gasteiger partial charge in [0.05, 0.1) is 5.69 Å². The summed E-state index contributed by atoms with van der Waals surface area (Å²) >= 11 is 1.25. The Morgan fingerprint density at radius 1 is 1.06 bits per heavy atom. The quantitative estimate of drug-likeness (QED) is 0.355. The van der Waals surface area contributed by atoms with Gasteiger partial charge in [0.25, 0.3) is 0 Å². The number of alkyl halides is 3. The van der Waals surface area contributed by atoms with E-state index in [1.54, 1.807) is 12.1 Å². The molecule has 1 aliphatic heterocycles. The van der Waals surface area contributed by atoms with Crippen molar-refractivity contribution < 1.29 is 17.9 Å². The lowest BCUT2D eigenvalue weighted by Crippen LogP contribution is -2.36. The topological polar surface area (TPSA) is 59.1 Å². The third kappa shape index (κ3) is 6.31. The third-order valence-electron chi connectivity index (χ3n) is 5.93. The van der Waals surface area contributed by atoms with E-state index in [2.05, 4.69) is 33.9 Å². The first-order valence-electron chi connectivity index (χ1n) is 12.1. The van der Waals surface area contributed by atoms with Gasteiger partial charge in [-0.05, 0) is 53.5 Å². The number of anilines is 1. The summed E-state index contributed by atoms with van der Waals surface area (Å²) in [7, 11) is 0. The molecule has 192 valence electrons. The number of nitrogens with zero attached hydrogens (tertiary/aromatic N) is 2. The fourth-order valence-corrected chi connectivity index (χ4v) is 4.96. The van der Waals surface area contributed by atoms with Crippen molar-refractivity contribution in [1.82, 2.24) is 15.3 Å². The van der Waals surface area contributed by atoms with E-state index in [-0.39, 0.29) is 30.2 Å². The standard InChI is InChI=1S/C27H31F3N4OS/c1-16(2)12-19-15-35-25-23(27(28,29)30)24(22-11-6-5-10-21(22)17(3)4)32-26(33-25)34-36-20-9-7-8-18(13-20)14-31-19/h5-11,13,16-17,19,31H,12,14-15H2,1-4H3,(H,32,33,34). The molecule has 2 heterocycles. The molecule has 0 amide bonds. The van der Waals surface area contributed by atoms with Crippen molar-refractivity contribution in [2.45, 2.75) is 63.7 Å². The number of nitrogens with one attached hydrogen (secondary N) is 2. The number of fused-ring (bicyclic) bond motifs is 4. The molecule has 36 heavy (non-hydrogen) atoms. The predicted octanol–water partition coefficient (Wildman–Crippen LogP) is 7.30. The van der Waals surface area contributed by atoms with Crippen LogP contribution in [0.2, 0.25) is 0 Å². The van der Waals surface area contributed by atoms with Crippen LogP contribution in [0.5, 0.6) is 5.88 Å². The van der Waals surface area contributed by atoms with E-state index in [0.717, 1.165) is 22.4 Å². The molecule has 4 rings (SSSR count). The van der Waals surface area contributed by atoms with Crippen LogP contribution in [-0.4, -0.2) is 22.6 Å². The maximum Gasteiger partial charge on any atom is 0.423 e. The minimum absolute atomic E-state index is 0.00359. The summed E-state index contributed by atoms with van der Waals surface area (Å²) in [6.45, 7) is 8.69. The molecule has 2 aromatic carbocycles. The van der Waals surface area contributed by atoms with Gasteiger partial charge in [-0.2, -0.15) is 18.2 Å². The summed E-state index contributed by atoms with van der Waals surface area (Å²) in [5.74, 6) is -0.0593. The van der Waals surface area contributed by atoms with Gasteiger partial charge in [-0.15, -0.1) is 0 Å². The molecule has 1 atom stereocenters. The average Bonchev–Trinajstić information content (AvgIpc) is 2.83. The summed E-state index contributed by atoms with van der Waals surface area (Å²) < 4.78 is 52.6. The van der Waals surface area contributed by atoms with Gasteiger partial charge in [0.15, 0.2) is 0 Å². The lowest BCUT2D eigenvalue weighted by Gasteiger charge is -2.23. The number of hydrogen-bond acceptors (Lipinski definition) is 6. The fourth-order valence-electron chi connectivity index (χ4n) is 4.30. The number of benzene rings is 2. The largest absolute Gasteiger partial charge is 0.475 e. The molecule has 0 radical (unpaired) electrons. The van der Waals surface area contributed by atoms with Gasteiger partial charge in [0.2, 0.25) is 11.8 Å². The fraction of sp³-hybridized carbons (Fsp3) is 0.407. The van der Waals surface area contributed by atoms with Crippen LogP contribution < -0.4 is 14.8 Å². The first-order chi connectivity index (χ1) is 17.1. The van der Waals surface area contributed by atoms with Crippen LogP contribution in [0.15, 0.2) is 53.4 Å². The highest BCUT2D eigenvalue weighted by Gasteiger charge is 2.41. The van der Waals surface area contributed by atoms with Crippen LogP contribution in [0.4, 0.5) is 19.1 Å². The second-order valence-electron chi connectivity index (χ2n) is 9.69. The Morgan fingerprint density at radius 3 is 2.56 bits per heavy atom. The van der Waals surface area contributed by atoms with Crippen molar-refractivity contribution in [3.63, 3.8) is 0 Å². The zero-order valence-corrected chi connectivity index (χ0v) is 21.6. The van der Waals surface area contributed by atoms with Gasteiger partial charge in [0, 0.05) is 23.0 Å². The highest BCUT2D eigenvalue weighted by molar-refractivity contribution is 8.00. The van der Waals surface area contributed by atoms with Gasteiger partial charge in [-0.3, -0.25) is 4.72 Å². The van der Waals surface area contributed by atoms with Crippen molar-refractivity contribution in [2.24, 2.45) is 5.92 Å². The van der Waals surface area contributed by atoms with Crippen molar-refractivity contribution in [3.05, 3.63) is 65.2 Å². The molecule has 0 aliphatic carbocycles. The first-order valence-corrected chi connectivity index (χ1v) is 12.9. The van der Waals surface area contributed by atoms with Crippen LogP contribution in [0.3, 0.4) is 0 Å². The molecule has 1 aliphatic rings. The molecule has 1 unspecified atom stereocenters. The normalized spacial score (nSPS) is 16.5. The van der Waals surface area contributed by atoms with Crippen LogP contribution in [0.25, 0.3) is 11.3 Å². The number of hydrogen-bond donors (Lipinski definition) is 2. The maximum absolute atomic E-state index is 14.6. The van der Waals surface area contributed by atoms with Gasteiger partial charge < -0.3 is 10.1 Å². The zero-order valence-electron chi connectivity index (χ0n) is 20.8. The molecular weight excluding hydrogens is 485 g/mol. The molecule has 3 aromatic rings. The zero-order chi connectivity index (χ0) is 25.9. The van der Waals surface area contributed by atoms with Crippen LogP contribution >= 0.6 is 11.9 Å². The van der Waals surface area contributed by atoms with E-state index in [9.17, 15) is 13.2 Å². The van der Waals surface area contributed by atoms with Crippen LogP contribution in [0.1, 0.15) is 56.7 Å². The summed E-state index contributed by atoms with van der Waals surface area (Å²) in [5, 5.41) is 3.46. The summed E-state index contributed by atoms with van der Waals surface area (Å²) in [4.78, 5) is 9.49. The average molecular weight is 517 g/mol. The Labute approximate surface area is 214 Å². The molecule has 2 N–H and O–H groups in total. The summed E-state index contributed by atoms with van der Waals surface area (Å²) in [6.07, 6.45) is -3.96. The third-order valence-corrected chi connectivity index (χ3v) is 6.70. The maximum atomic E-state index is 14.6. The van der Waals surface area contributed by atoms with Gasteiger partial charge in [0.1, 0.15) is 12.2 Å². The van der Waals surface area contributed by atoms with Crippen LogP contribution in [-0.2, 0) is 12.7 Å². The predicted molar refractivity (Wildman–Crippen MR) is 138 cm³/mol. The summed E-state index contributed by atoms with van der Waals surface area (Å²) in [5.41, 5.74) is 1.13. The molecule has 5 nitrogen and oxygen atoms in total. The number of rotatable bonds is 4. The van der Waals surface area contributed by atoms with E-state index < -0.39 is 17.6 Å². The smallest absolute Gasteiger partial charge is 0.423 e. The van der Waals surface area contributed by atoms with Gasteiger partial charge in [-0.25, -0.2) is 4.98 Å². The Kier molecular flexibility index (Phi) is 8.10. The first kappa shape index (κ1) is 26.3. The van der Waals surface area contributed by atoms with Gasteiger partial charge in [-0.1, -0.05) is 64.1 Å². The molecule has 0 saturated carbocycles. The van der Waals surface area contributed by atoms with E-state index in [0.29, 0.717) is 18.0 Å². The summed E-state index contributed by atoms with van der Waals surface area (Å²) in [6, 6.07) is 14.9.